The predicted octanol–water partition coefficient (Wildman–Crippen LogP) is 11.6. The third-order valence-corrected chi connectivity index (χ3v) is 9.75. The third-order valence-electron chi connectivity index (χ3n) is 9.75. The van der Waals surface area contributed by atoms with E-state index in [2.05, 4.69) is 48.3 Å². The predicted molar refractivity (Wildman–Crippen MR) is 218 cm³/mol. The molecule has 0 amide bonds. The quantitative estimate of drug-likeness (QED) is 0.135. The van der Waals surface area contributed by atoms with Crippen molar-refractivity contribution in [2.24, 2.45) is 0 Å². The van der Waals surface area contributed by atoms with Crippen molar-refractivity contribution < 1.29 is 18.3 Å². The SMILES string of the molecule is CC(C)n1cnc(-c2ccc(F)cc2)c1-c1ccnc(Oc2ccccc2)n1.Fc1ccc(-c2ncn(C3CCCC3)c2-c2ccnc(Oc3ccccc3)n2)cc1. The Morgan fingerprint density at radius 1 is 0.552 bits per heavy atom. The van der Waals surface area contributed by atoms with E-state index in [1.807, 2.05) is 83.7 Å². The average Bonchev–Trinajstić information content (AvgIpc) is 4.04. The molecule has 4 aromatic heterocycles. The minimum atomic E-state index is -0.283. The first-order valence-corrected chi connectivity index (χ1v) is 19.2. The van der Waals surface area contributed by atoms with Crippen molar-refractivity contribution in [2.45, 2.75) is 51.6 Å². The molecule has 0 aliphatic heterocycles. The number of ether oxygens (including phenoxy) is 2. The van der Waals surface area contributed by atoms with Crippen molar-refractivity contribution >= 4 is 0 Å². The van der Waals surface area contributed by atoms with Crippen LogP contribution in [0.2, 0.25) is 0 Å². The first-order chi connectivity index (χ1) is 28.4. The van der Waals surface area contributed by atoms with Crippen LogP contribution in [-0.4, -0.2) is 39.0 Å². The van der Waals surface area contributed by atoms with Crippen LogP contribution in [0.4, 0.5) is 8.78 Å². The Morgan fingerprint density at radius 2 is 1.02 bits per heavy atom. The van der Waals surface area contributed by atoms with E-state index in [9.17, 15) is 8.78 Å². The van der Waals surface area contributed by atoms with Crippen LogP contribution >= 0.6 is 0 Å². The van der Waals surface area contributed by atoms with E-state index in [1.54, 1.807) is 43.0 Å². The molecule has 0 saturated heterocycles. The highest BCUT2D eigenvalue weighted by Gasteiger charge is 2.25. The van der Waals surface area contributed by atoms with Gasteiger partial charge in [-0.15, -0.1) is 0 Å². The minimum Gasteiger partial charge on any atom is -0.424 e. The molecule has 8 aromatic rings. The second kappa shape index (κ2) is 17.4. The van der Waals surface area contributed by atoms with Crippen LogP contribution in [0.1, 0.15) is 51.6 Å². The van der Waals surface area contributed by atoms with Crippen LogP contribution in [0.5, 0.6) is 23.5 Å². The zero-order valence-electron chi connectivity index (χ0n) is 32.0. The van der Waals surface area contributed by atoms with Gasteiger partial charge < -0.3 is 18.6 Å². The van der Waals surface area contributed by atoms with Gasteiger partial charge >= 0.3 is 12.0 Å². The lowest BCUT2D eigenvalue weighted by Gasteiger charge is -2.16. The molecular weight excluding hydrogens is 735 g/mol. The van der Waals surface area contributed by atoms with E-state index in [1.165, 1.54) is 37.1 Å². The molecule has 9 rings (SSSR count). The highest BCUT2D eigenvalue weighted by atomic mass is 19.1. The Bertz CT molecular complexity index is 2570. The Hall–Kier alpha value is -7.08. The molecule has 0 atom stereocenters. The Morgan fingerprint density at radius 3 is 1.52 bits per heavy atom. The van der Waals surface area contributed by atoms with E-state index in [4.69, 9.17) is 9.47 Å². The maximum absolute atomic E-state index is 13.5. The Labute approximate surface area is 334 Å². The van der Waals surface area contributed by atoms with Gasteiger partial charge in [-0.05, 0) is 112 Å². The number of nitrogens with zero attached hydrogens (tertiary/aromatic N) is 8. The molecule has 1 fully saturated rings. The van der Waals surface area contributed by atoms with Crippen LogP contribution < -0.4 is 9.47 Å². The van der Waals surface area contributed by atoms with Crippen LogP contribution in [0.15, 0.2) is 146 Å². The molecule has 1 aliphatic rings. The first-order valence-electron chi connectivity index (χ1n) is 19.2. The van der Waals surface area contributed by atoms with Crippen molar-refractivity contribution in [3.8, 4) is 68.8 Å². The average molecular weight is 775 g/mol. The van der Waals surface area contributed by atoms with E-state index in [-0.39, 0.29) is 29.7 Å². The van der Waals surface area contributed by atoms with Crippen molar-refractivity contribution in [3.05, 3.63) is 158 Å². The highest BCUT2D eigenvalue weighted by molar-refractivity contribution is 5.78. The summed E-state index contributed by atoms with van der Waals surface area (Å²) < 4.78 is 42.7. The lowest BCUT2D eigenvalue weighted by atomic mass is 10.1. The minimum absolute atomic E-state index is 0.171. The van der Waals surface area contributed by atoms with Gasteiger partial charge in [-0.25, -0.2) is 28.7 Å². The van der Waals surface area contributed by atoms with Crippen LogP contribution in [-0.2, 0) is 0 Å². The molecule has 1 saturated carbocycles. The number of para-hydroxylation sites is 2. The van der Waals surface area contributed by atoms with Gasteiger partial charge in [0.2, 0.25) is 0 Å². The van der Waals surface area contributed by atoms with Crippen LogP contribution in [0, 0.1) is 11.6 Å². The molecule has 12 heteroatoms. The number of benzene rings is 4. The third kappa shape index (κ3) is 8.66. The summed E-state index contributed by atoms with van der Waals surface area (Å²) in [5, 5.41) is 0. The molecule has 4 heterocycles. The number of hydrogen-bond acceptors (Lipinski definition) is 8. The van der Waals surface area contributed by atoms with Gasteiger partial charge in [-0.1, -0.05) is 49.2 Å². The van der Waals surface area contributed by atoms with Crippen molar-refractivity contribution in [1.29, 1.82) is 0 Å². The lowest BCUT2D eigenvalue weighted by molar-refractivity contribution is 0.441. The fourth-order valence-corrected chi connectivity index (χ4v) is 6.95. The van der Waals surface area contributed by atoms with E-state index in [0.29, 0.717) is 23.2 Å². The fourth-order valence-electron chi connectivity index (χ4n) is 6.95. The van der Waals surface area contributed by atoms with E-state index >= 15 is 0 Å². The summed E-state index contributed by atoms with van der Waals surface area (Å²) in [6.07, 6.45) is 11.7. The van der Waals surface area contributed by atoms with Gasteiger partial charge in [0.25, 0.3) is 0 Å². The molecule has 58 heavy (non-hydrogen) atoms. The molecule has 10 nitrogen and oxygen atoms in total. The largest absolute Gasteiger partial charge is 0.424 e. The van der Waals surface area contributed by atoms with Gasteiger partial charge in [-0.3, -0.25) is 0 Å². The molecule has 4 aromatic carbocycles. The fraction of sp³-hybridized carbons (Fsp3) is 0.174. The summed E-state index contributed by atoms with van der Waals surface area (Å²) in [7, 11) is 0. The first kappa shape index (κ1) is 37.8. The summed E-state index contributed by atoms with van der Waals surface area (Å²) >= 11 is 0. The van der Waals surface area contributed by atoms with Gasteiger partial charge in [0.05, 0.1) is 46.8 Å². The van der Waals surface area contributed by atoms with Crippen LogP contribution in [0.25, 0.3) is 45.3 Å². The number of hydrogen-bond donors (Lipinski definition) is 0. The second-order valence-corrected chi connectivity index (χ2v) is 14.0. The summed E-state index contributed by atoms with van der Waals surface area (Å²) in [4.78, 5) is 27.0. The topological polar surface area (TPSA) is 106 Å². The molecule has 0 radical (unpaired) electrons. The van der Waals surface area contributed by atoms with Crippen molar-refractivity contribution in [3.63, 3.8) is 0 Å². The Balaban J connectivity index is 0.000000162. The molecule has 0 unspecified atom stereocenters. The molecule has 1 aliphatic carbocycles. The number of rotatable bonds is 10. The van der Waals surface area contributed by atoms with E-state index in [0.717, 1.165) is 52.4 Å². The maximum Gasteiger partial charge on any atom is 0.322 e. The second-order valence-electron chi connectivity index (χ2n) is 14.0. The Kier molecular flexibility index (Phi) is 11.3. The standard InChI is InChI=1S/C24H21FN4O.C22H19FN4O/c25-18-12-10-17(11-13-18)22-23(29(16-27-22)19-6-4-5-7-19)21-14-15-26-24(28-21)30-20-8-2-1-3-9-20;1-15(2)27-14-25-20(16-8-10-17(23)11-9-16)21(27)19-12-13-24-22(26-19)28-18-6-4-3-5-7-18/h1-3,8-16,19H,4-7H2;3-15H,1-2H3. The normalized spacial score (nSPS) is 12.6. The van der Waals surface area contributed by atoms with Gasteiger partial charge in [0, 0.05) is 35.6 Å². The van der Waals surface area contributed by atoms with Gasteiger partial charge in [0.15, 0.2) is 0 Å². The molecule has 0 bridgehead atoms. The molecular formula is C46H40F2N8O2. The monoisotopic (exact) mass is 774 g/mol. The van der Waals surface area contributed by atoms with Gasteiger partial charge in [-0.2, -0.15) is 9.97 Å². The van der Waals surface area contributed by atoms with Crippen molar-refractivity contribution in [2.75, 3.05) is 0 Å². The summed E-state index contributed by atoms with van der Waals surface area (Å²) in [6, 6.07) is 36.3. The summed E-state index contributed by atoms with van der Waals surface area (Å²) in [5.41, 5.74) is 6.36. The van der Waals surface area contributed by atoms with E-state index < -0.39 is 0 Å². The summed E-state index contributed by atoms with van der Waals surface area (Å²) in [6.45, 7) is 4.14. The zero-order chi connectivity index (χ0) is 39.8. The molecule has 290 valence electrons. The van der Waals surface area contributed by atoms with Crippen molar-refractivity contribution in [1.82, 2.24) is 39.0 Å². The smallest absolute Gasteiger partial charge is 0.322 e. The van der Waals surface area contributed by atoms with Crippen LogP contribution in [0.3, 0.4) is 0 Å². The number of halogens is 2. The molecule has 0 N–H and O–H groups in total. The number of imidazole rings is 2. The highest BCUT2D eigenvalue weighted by Crippen LogP contribution is 2.38. The zero-order valence-corrected chi connectivity index (χ0v) is 32.0. The lowest BCUT2D eigenvalue weighted by Crippen LogP contribution is -2.06. The van der Waals surface area contributed by atoms with Gasteiger partial charge in [0.1, 0.15) is 23.1 Å². The maximum atomic E-state index is 13.5. The number of aromatic nitrogens is 8. The molecule has 0 spiro atoms. The summed E-state index contributed by atoms with van der Waals surface area (Å²) in [5.74, 6) is 0.791.